The number of nitrogens with one attached hydrogen (secondary N) is 1. The SMILES string of the molecule is Cc1ccc(-c2csc(NC(=O)CCN3C(=O)[C@H]4CC=CC[C@@H]4C3=O)n2)cc1. The van der Waals surface area contributed by atoms with Crippen LogP contribution in [0.15, 0.2) is 41.8 Å². The van der Waals surface area contributed by atoms with Crippen molar-refractivity contribution in [1.29, 1.82) is 0 Å². The Bertz CT molecular complexity index is 922. The van der Waals surface area contributed by atoms with Gasteiger partial charge in [-0.05, 0) is 19.8 Å². The maximum atomic E-state index is 12.4. The molecule has 2 heterocycles. The van der Waals surface area contributed by atoms with Gasteiger partial charge in [0.25, 0.3) is 0 Å². The maximum absolute atomic E-state index is 12.4. The van der Waals surface area contributed by atoms with Crippen molar-refractivity contribution in [2.45, 2.75) is 26.2 Å². The lowest BCUT2D eigenvalue weighted by Crippen LogP contribution is -2.34. The van der Waals surface area contributed by atoms with Gasteiger partial charge in [0.15, 0.2) is 5.13 Å². The fourth-order valence-corrected chi connectivity index (χ4v) is 4.41. The first kappa shape index (κ1) is 18.6. The van der Waals surface area contributed by atoms with Crippen LogP contribution in [0.1, 0.15) is 24.8 Å². The molecule has 2 aromatic rings. The van der Waals surface area contributed by atoms with Crippen LogP contribution in [0.3, 0.4) is 0 Å². The number of rotatable bonds is 5. The number of carbonyl (C=O) groups is 3. The standard InChI is InChI=1S/C21H21N3O3S/c1-13-6-8-14(9-7-13)17-12-28-21(22-17)23-18(25)10-11-24-19(26)15-4-2-3-5-16(15)20(24)27/h2-3,6-9,12,15-16H,4-5,10-11H2,1H3,(H,22,23,25)/t15-,16-/m0/s1. The Kier molecular flexibility index (Phi) is 5.09. The van der Waals surface area contributed by atoms with Crippen molar-refractivity contribution in [3.63, 3.8) is 0 Å². The molecular weight excluding hydrogens is 374 g/mol. The first-order valence-electron chi connectivity index (χ1n) is 9.35. The van der Waals surface area contributed by atoms with Gasteiger partial charge in [0, 0.05) is 23.9 Å². The number of benzene rings is 1. The molecule has 0 spiro atoms. The van der Waals surface area contributed by atoms with Crippen molar-refractivity contribution in [3.05, 3.63) is 47.4 Å². The number of thiazole rings is 1. The molecule has 28 heavy (non-hydrogen) atoms. The Morgan fingerprint density at radius 3 is 2.43 bits per heavy atom. The van der Waals surface area contributed by atoms with E-state index in [9.17, 15) is 14.4 Å². The van der Waals surface area contributed by atoms with Gasteiger partial charge in [-0.1, -0.05) is 42.0 Å². The van der Waals surface area contributed by atoms with Crippen molar-refractivity contribution in [1.82, 2.24) is 9.88 Å². The number of aromatic nitrogens is 1. The molecule has 4 rings (SSSR count). The number of anilines is 1. The van der Waals surface area contributed by atoms with Gasteiger partial charge in [-0.25, -0.2) is 4.98 Å². The number of hydrogen-bond acceptors (Lipinski definition) is 5. The number of imide groups is 1. The summed E-state index contributed by atoms with van der Waals surface area (Å²) in [6, 6.07) is 8.03. The highest BCUT2D eigenvalue weighted by molar-refractivity contribution is 7.14. The van der Waals surface area contributed by atoms with Gasteiger partial charge in [-0.2, -0.15) is 0 Å². The van der Waals surface area contributed by atoms with Gasteiger partial charge in [-0.15, -0.1) is 11.3 Å². The molecule has 0 unspecified atom stereocenters. The predicted octanol–water partition coefficient (Wildman–Crippen LogP) is 3.40. The summed E-state index contributed by atoms with van der Waals surface area (Å²) in [5, 5.41) is 5.17. The van der Waals surface area contributed by atoms with Crippen LogP contribution in [-0.2, 0) is 14.4 Å². The fraction of sp³-hybridized carbons (Fsp3) is 0.333. The molecule has 1 aliphatic carbocycles. The molecule has 1 aromatic heterocycles. The largest absolute Gasteiger partial charge is 0.302 e. The van der Waals surface area contributed by atoms with Crippen LogP contribution in [0.4, 0.5) is 5.13 Å². The summed E-state index contributed by atoms with van der Waals surface area (Å²) >= 11 is 1.35. The Morgan fingerprint density at radius 2 is 1.79 bits per heavy atom. The van der Waals surface area contributed by atoms with Crippen molar-refractivity contribution >= 4 is 34.2 Å². The normalized spacial score (nSPS) is 21.1. The summed E-state index contributed by atoms with van der Waals surface area (Å²) in [7, 11) is 0. The van der Waals surface area contributed by atoms with Crippen LogP contribution in [-0.4, -0.2) is 34.2 Å². The molecule has 6 nitrogen and oxygen atoms in total. The smallest absolute Gasteiger partial charge is 0.233 e. The van der Waals surface area contributed by atoms with E-state index in [1.165, 1.54) is 21.8 Å². The molecule has 1 fully saturated rings. The number of hydrogen-bond donors (Lipinski definition) is 1. The number of fused-ring (bicyclic) bond motifs is 1. The van der Waals surface area contributed by atoms with Gasteiger partial charge < -0.3 is 5.32 Å². The van der Waals surface area contributed by atoms with Crippen LogP contribution in [0, 0.1) is 18.8 Å². The number of likely N-dealkylation sites (tertiary alicyclic amines) is 1. The second-order valence-electron chi connectivity index (χ2n) is 7.19. The Balaban J connectivity index is 1.33. The zero-order valence-corrected chi connectivity index (χ0v) is 16.4. The molecule has 3 amide bonds. The van der Waals surface area contributed by atoms with Crippen LogP contribution in [0.25, 0.3) is 11.3 Å². The lowest BCUT2D eigenvalue weighted by Gasteiger charge is -2.14. The molecule has 1 aliphatic heterocycles. The van der Waals surface area contributed by atoms with Crippen molar-refractivity contribution < 1.29 is 14.4 Å². The second-order valence-corrected chi connectivity index (χ2v) is 8.04. The van der Waals surface area contributed by atoms with Crippen LogP contribution >= 0.6 is 11.3 Å². The summed E-state index contributed by atoms with van der Waals surface area (Å²) in [5.41, 5.74) is 2.97. The van der Waals surface area contributed by atoms with E-state index in [1.807, 2.05) is 48.7 Å². The maximum Gasteiger partial charge on any atom is 0.233 e. The third-order valence-corrected chi connectivity index (χ3v) is 6.02. The van der Waals surface area contributed by atoms with Gasteiger partial charge in [0.2, 0.25) is 17.7 Å². The Hall–Kier alpha value is -2.80. The summed E-state index contributed by atoms with van der Waals surface area (Å²) in [6.45, 7) is 2.14. The second kappa shape index (κ2) is 7.67. The molecule has 0 saturated carbocycles. The zero-order chi connectivity index (χ0) is 19.7. The first-order chi connectivity index (χ1) is 13.5. The minimum Gasteiger partial charge on any atom is -0.302 e. The minimum atomic E-state index is -0.253. The van der Waals surface area contributed by atoms with Crippen LogP contribution in [0.5, 0.6) is 0 Å². The topological polar surface area (TPSA) is 79.4 Å². The van der Waals surface area contributed by atoms with Gasteiger partial charge in [-0.3, -0.25) is 19.3 Å². The van der Waals surface area contributed by atoms with Gasteiger partial charge in [0.05, 0.1) is 17.5 Å². The van der Waals surface area contributed by atoms with E-state index < -0.39 is 0 Å². The van der Waals surface area contributed by atoms with E-state index in [2.05, 4.69) is 10.3 Å². The van der Waals surface area contributed by atoms with Crippen LogP contribution in [0.2, 0.25) is 0 Å². The van der Waals surface area contributed by atoms with E-state index in [4.69, 9.17) is 0 Å². The number of amides is 3. The molecule has 1 aromatic carbocycles. The number of aryl methyl sites for hydroxylation is 1. The average molecular weight is 395 g/mol. The monoisotopic (exact) mass is 395 g/mol. The van der Waals surface area contributed by atoms with Crippen molar-refractivity contribution in [3.8, 4) is 11.3 Å². The summed E-state index contributed by atoms with van der Waals surface area (Å²) in [5.74, 6) is -1.06. The highest BCUT2D eigenvalue weighted by Crippen LogP contribution is 2.35. The number of nitrogens with zero attached hydrogens (tertiary/aromatic N) is 2. The summed E-state index contributed by atoms with van der Waals surface area (Å²) in [6.07, 6.45) is 5.20. The molecule has 0 bridgehead atoms. The molecule has 2 aliphatic rings. The third-order valence-electron chi connectivity index (χ3n) is 5.26. The van der Waals surface area contributed by atoms with Gasteiger partial charge >= 0.3 is 0 Å². The van der Waals surface area contributed by atoms with Gasteiger partial charge in [0.1, 0.15) is 0 Å². The number of allylic oxidation sites excluding steroid dienone is 2. The van der Waals surface area contributed by atoms with Crippen molar-refractivity contribution in [2.24, 2.45) is 11.8 Å². The molecule has 0 radical (unpaired) electrons. The first-order valence-corrected chi connectivity index (χ1v) is 10.2. The Labute approximate surface area is 167 Å². The minimum absolute atomic E-state index is 0.0732. The zero-order valence-electron chi connectivity index (χ0n) is 15.6. The summed E-state index contributed by atoms with van der Waals surface area (Å²) in [4.78, 5) is 42.9. The predicted molar refractivity (Wildman–Crippen MR) is 108 cm³/mol. The third kappa shape index (κ3) is 3.62. The molecule has 1 N–H and O–H groups in total. The highest BCUT2D eigenvalue weighted by atomic mass is 32.1. The molecule has 1 saturated heterocycles. The van der Waals surface area contributed by atoms with E-state index in [1.54, 1.807) is 0 Å². The molecular formula is C21H21N3O3S. The Morgan fingerprint density at radius 1 is 1.14 bits per heavy atom. The van der Waals surface area contributed by atoms with E-state index in [-0.39, 0.29) is 42.5 Å². The lowest BCUT2D eigenvalue weighted by atomic mass is 9.85. The van der Waals surface area contributed by atoms with E-state index >= 15 is 0 Å². The quantitative estimate of drug-likeness (QED) is 0.622. The van der Waals surface area contributed by atoms with E-state index in [0.717, 1.165) is 11.3 Å². The van der Waals surface area contributed by atoms with E-state index in [0.29, 0.717) is 18.0 Å². The molecule has 7 heteroatoms. The highest BCUT2D eigenvalue weighted by Gasteiger charge is 2.46. The van der Waals surface area contributed by atoms with Crippen molar-refractivity contribution in [2.75, 3.05) is 11.9 Å². The molecule has 2 atom stereocenters. The fourth-order valence-electron chi connectivity index (χ4n) is 3.67. The molecule has 144 valence electrons. The summed E-state index contributed by atoms with van der Waals surface area (Å²) < 4.78 is 0. The number of carbonyl (C=O) groups excluding carboxylic acids is 3. The average Bonchev–Trinajstić information content (AvgIpc) is 3.25. The lowest BCUT2D eigenvalue weighted by molar-refractivity contribution is -0.140. The van der Waals surface area contributed by atoms with Crippen LogP contribution < -0.4 is 5.32 Å².